The lowest BCUT2D eigenvalue weighted by Gasteiger charge is -2.33. The molecule has 0 radical (unpaired) electrons. The Morgan fingerprint density at radius 1 is 0.471 bits per heavy atom. The van der Waals surface area contributed by atoms with E-state index < -0.39 is 0 Å². The number of phenolic OH excluding ortho intramolecular Hbond substituents is 2. The van der Waals surface area contributed by atoms with E-state index in [1.54, 1.807) is 0 Å². The van der Waals surface area contributed by atoms with E-state index in [-0.39, 0.29) is 34.2 Å². The van der Waals surface area contributed by atoms with Gasteiger partial charge in [0.15, 0.2) is 12.6 Å². The minimum absolute atomic E-state index is 0.140. The standard InChI is InChI=1S/C23H38O3.C22H36O3/c1-8-9-10-11-16-14-25-21(26-15-16)17-12-18(22(2,3)4)20(24)19(13-17)23(5,6)7;1-8-9-10-15-13-24-20(25-14-15)16-11-17(21(2,3)4)19(23)18(12-16)22(5,6)7/h12-13,16,21,24H,8-11,14-15H2,1-7H3;11-12,15,20,23H,8-10,13-14H2,1-7H3. The van der Waals surface area contributed by atoms with Crippen LogP contribution in [0.15, 0.2) is 24.3 Å². The third kappa shape index (κ3) is 12.2. The van der Waals surface area contributed by atoms with Crippen LogP contribution in [0.5, 0.6) is 11.5 Å². The fraction of sp³-hybridized carbons (Fsp3) is 0.733. The van der Waals surface area contributed by atoms with Crippen molar-refractivity contribution >= 4 is 0 Å². The maximum Gasteiger partial charge on any atom is 0.183 e. The molecule has 0 bridgehead atoms. The zero-order chi connectivity index (χ0) is 38.4. The third-order valence-electron chi connectivity index (χ3n) is 10.2. The Kier molecular flexibility index (Phi) is 15.1. The minimum atomic E-state index is -0.333. The molecule has 290 valence electrons. The highest BCUT2D eigenvalue weighted by Gasteiger charge is 2.32. The molecule has 0 aromatic heterocycles. The molecule has 0 spiro atoms. The summed E-state index contributed by atoms with van der Waals surface area (Å²) in [6, 6.07) is 8.24. The molecule has 2 aliphatic rings. The smallest absolute Gasteiger partial charge is 0.183 e. The summed E-state index contributed by atoms with van der Waals surface area (Å²) in [5.41, 5.74) is 5.29. The monoisotopic (exact) mass is 711 g/mol. The third-order valence-corrected chi connectivity index (χ3v) is 10.2. The Morgan fingerprint density at radius 2 is 0.745 bits per heavy atom. The molecular formula is C45H74O6. The van der Waals surface area contributed by atoms with E-state index in [1.165, 1.54) is 44.9 Å². The fourth-order valence-corrected chi connectivity index (χ4v) is 6.85. The topological polar surface area (TPSA) is 77.4 Å². The Labute approximate surface area is 312 Å². The van der Waals surface area contributed by atoms with Crippen molar-refractivity contribution in [1.29, 1.82) is 0 Å². The number of benzene rings is 2. The van der Waals surface area contributed by atoms with Crippen molar-refractivity contribution in [1.82, 2.24) is 0 Å². The lowest BCUT2D eigenvalue weighted by molar-refractivity contribution is -0.206. The van der Waals surface area contributed by atoms with Crippen LogP contribution >= 0.6 is 0 Å². The predicted molar refractivity (Wildman–Crippen MR) is 211 cm³/mol. The summed E-state index contributed by atoms with van der Waals surface area (Å²) < 4.78 is 24.2. The molecule has 51 heavy (non-hydrogen) atoms. The highest BCUT2D eigenvalue weighted by Crippen LogP contribution is 2.44. The molecule has 0 amide bonds. The van der Waals surface area contributed by atoms with E-state index in [4.69, 9.17) is 18.9 Å². The average Bonchev–Trinajstić information content (AvgIpc) is 3.03. The largest absolute Gasteiger partial charge is 0.507 e. The molecule has 2 saturated heterocycles. The summed E-state index contributed by atoms with van der Waals surface area (Å²) in [5.74, 6) is 1.80. The van der Waals surface area contributed by atoms with Gasteiger partial charge >= 0.3 is 0 Å². The van der Waals surface area contributed by atoms with Crippen LogP contribution in [0, 0.1) is 11.8 Å². The lowest BCUT2D eigenvalue weighted by atomic mass is 9.78. The maximum absolute atomic E-state index is 10.9. The summed E-state index contributed by atoms with van der Waals surface area (Å²) in [7, 11) is 0. The van der Waals surface area contributed by atoms with Crippen molar-refractivity contribution < 1.29 is 29.2 Å². The van der Waals surface area contributed by atoms with Gasteiger partial charge in [-0.2, -0.15) is 0 Å². The molecule has 6 nitrogen and oxygen atoms in total. The van der Waals surface area contributed by atoms with Crippen molar-refractivity contribution in [2.75, 3.05) is 26.4 Å². The van der Waals surface area contributed by atoms with Gasteiger partial charge in [-0.15, -0.1) is 0 Å². The number of hydrogen-bond acceptors (Lipinski definition) is 6. The highest BCUT2D eigenvalue weighted by molar-refractivity contribution is 5.51. The molecule has 2 aromatic carbocycles. The second-order valence-corrected chi connectivity index (χ2v) is 19.3. The Balaban J connectivity index is 0.000000276. The molecule has 2 fully saturated rings. The lowest BCUT2D eigenvalue weighted by Crippen LogP contribution is -2.28. The van der Waals surface area contributed by atoms with Crippen molar-refractivity contribution in [3.05, 3.63) is 57.6 Å². The second kappa shape index (κ2) is 17.8. The average molecular weight is 711 g/mol. The Hall–Kier alpha value is -2.12. The van der Waals surface area contributed by atoms with Gasteiger partial charge in [0.25, 0.3) is 0 Å². The van der Waals surface area contributed by atoms with Gasteiger partial charge in [-0.3, -0.25) is 0 Å². The molecule has 0 unspecified atom stereocenters. The van der Waals surface area contributed by atoms with Crippen LogP contribution in [-0.4, -0.2) is 36.6 Å². The van der Waals surface area contributed by atoms with Crippen LogP contribution in [0.4, 0.5) is 0 Å². The Morgan fingerprint density at radius 3 is 1.00 bits per heavy atom. The van der Waals surface area contributed by atoms with Gasteiger partial charge in [-0.05, 0) is 81.0 Å². The predicted octanol–water partition coefficient (Wildman–Crippen LogP) is 12.1. The molecule has 2 N–H and O–H groups in total. The van der Waals surface area contributed by atoms with E-state index in [1.807, 2.05) is 0 Å². The summed E-state index contributed by atoms with van der Waals surface area (Å²) in [6.07, 6.45) is 7.89. The molecule has 2 aliphatic heterocycles. The van der Waals surface area contributed by atoms with Crippen molar-refractivity contribution in [2.45, 2.75) is 176 Å². The zero-order valence-corrected chi connectivity index (χ0v) is 34.9. The SMILES string of the molecule is CCCCC1COC(c2cc(C(C)(C)C)c(O)c(C(C)(C)C)c2)OC1.CCCCCC1COC(c2cc(C(C)(C)C)c(O)c(C(C)(C)C)c2)OC1. The van der Waals surface area contributed by atoms with Crippen LogP contribution in [0.3, 0.4) is 0 Å². The first-order valence-electron chi connectivity index (χ1n) is 19.8. The van der Waals surface area contributed by atoms with Crippen LogP contribution in [-0.2, 0) is 40.6 Å². The Bertz CT molecular complexity index is 1300. The minimum Gasteiger partial charge on any atom is -0.507 e. The highest BCUT2D eigenvalue weighted by atomic mass is 16.7. The van der Waals surface area contributed by atoms with Gasteiger partial charge < -0.3 is 29.2 Å². The van der Waals surface area contributed by atoms with Crippen LogP contribution < -0.4 is 0 Å². The number of aromatic hydroxyl groups is 2. The summed E-state index contributed by atoms with van der Waals surface area (Å²) >= 11 is 0. The first-order chi connectivity index (χ1) is 23.6. The molecule has 6 heteroatoms. The van der Waals surface area contributed by atoms with Crippen LogP contribution in [0.2, 0.25) is 0 Å². The van der Waals surface area contributed by atoms with E-state index in [9.17, 15) is 10.2 Å². The van der Waals surface area contributed by atoms with Crippen molar-refractivity contribution in [2.24, 2.45) is 11.8 Å². The quantitative estimate of drug-likeness (QED) is 0.252. The number of phenols is 2. The molecule has 4 rings (SSSR count). The zero-order valence-electron chi connectivity index (χ0n) is 34.9. The van der Waals surface area contributed by atoms with Gasteiger partial charge in [0, 0.05) is 23.0 Å². The van der Waals surface area contributed by atoms with Crippen LogP contribution in [0.25, 0.3) is 0 Å². The molecular weight excluding hydrogens is 636 g/mol. The van der Waals surface area contributed by atoms with Gasteiger partial charge in [0.05, 0.1) is 26.4 Å². The molecule has 2 heterocycles. The van der Waals surface area contributed by atoms with Gasteiger partial charge in [-0.1, -0.05) is 129 Å². The van der Waals surface area contributed by atoms with Crippen LogP contribution in [0.1, 0.15) is 188 Å². The molecule has 0 saturated carbocycles. The maximum atomic E-state index is 10.9. The fourth-order valence-electron chi connectivity index (χ4n) is 6.85. The summed E-state index contributed by atoms with van der Waals surface area (Å²) in [5, 5.41) is 21.7. The van der Waals surface area contributed by atoms with E-state index in [2.05, 4.69) is 121 Å². The summed E-state index contributed by atoms with van der Waals surface area (Å²) in [6.45, 7) is 33.0. The number of unbranched alkanes of at least 4 members (excludes halogenated alkanes) is 3. The van der Waals surface area contributed by atoms with Crippen molar-refractivity contribution in [3.8, 4) is 11.5 Å². The normalized spacial score (nSPS) is 22.0. The second-order valence-electron chi connectivity index (χ2n) is 19.3. The van der Waals surface area contributed by atoms with E-state index in [0.29, 0.717) is 23.3 Å². The number of ether oxygens (including phenoxy) is 4. The number of rotatable bonds is 9. The van der Waals surface area contributed by atoms with Gasteiger partial charge in [-0.25, -0.2) is 0 Å². The number of hydrogen-bond donors (Lipinski definition) is 2. The molecule has 0 aliphatic carbocycles. The van der Waals surface area contributed by atoms with Gasteiger partial charge in [0.1, 0.15) is 11.5 Å². The first kappa shape index (κ1) is 43.3. The van der Waals surface area contributed by atoms with Gasteiger partial charge in [0.2, 0.25) is 0 Å². The molecule has 2 aromatic rings. The van der Waals surface area contributed by atoms with E-state index in [0.717, 1.165) is 59.8 Å². The van der Waals surface area contributed by atoms with Crippen molar-refractivity contribution in [3.63, 3.8) is 0 Å². The summed E-state index contributed by atoms with van der Waals surface area (Å²) in [4.78, 5) is 0. The first-order valence-corrected chi connectivity index (χ1v) is 19.8. The molecule has 0 atom stereocenters. The van der Waals surface area contributed by atoms with E-state index >= 15 is 0 Å².